The van der Waals surface area contributed by atoms with Crippen LogP contribution in [0.25, 0.3) is 0 Å². The maximum Gasteiger partial charge on any atom is 0.417 e. The average Bonchev–Trinajstić information content (AvgIpc) is 3.05. The van der Waals surface area contributed by atoms with Crippen LogP contribution in [-0.4, -0.2) is 36.7 Å². The predicted octanol–water partition coefficient (Wildman–Crippen LogP) is 2.69. The van der Waals surface area contributed by atoms with Crippen LogP contribution in [0.2, 0.25) is 0 Å². The number of hydrogen-bond donors (Lipinski definition) is 0. The molecule has 2 heterocycles. The largest absolute Gasteiger partial charge is 0.417 e. The molecule has 25 heavy (non-hydrogen) atoms. The second-order valence-corrected chi connectivity index (χ2v) is 7.79. The lowest BCUT2D eigenvalue weighted by Crippen LogP contribution is -2.29. The number of anilines is 1. The highest BCUT2D eigenvalue weighted by Crippen LogP contribution is 2.37. The Bertz CT molecular complexity index is 886. The van der Waals surface area contributed by atoms with Gasteiger partial charge in [-0.25, -0.2) is 22.8 Å². The summed E-state index contributed by atoms with van der Waals surface area (Å²) in [5, 5.41) is -1.08. The van der Waals surface area contributed by atoms with Gasteiger partial charge in [0, 0.05) is 13.1 Å². The van der Waals surface area contributed by atoms with Crippen LogP contribution < -0.4 is 4.90 Å². The maximum absolute atomic E-state index is 13.7. The zero-order chi connectivity index (χ0) is 18.2. The minimum atomic E-state index is -4.78. The molecular formula is C15H13F4N3O2S. The highest BCUT2D eigenvalue weighted by atomic mass is 32.2. The third kappa shape index (κ3) is 3.30. The number of sulfone groups is 1. The molecule has 0 amide bonds. The van der Waals surface area contributed by atoms with Gasteiger partial charge < -0.3 is 4.90 Å². The Morgan fingerprint density at radius 1 is 1.20 bits per heavy atom. The van der Waals surface area contributed by atoms with E-state index in [0.717, 1.165) is 30.7 Å². The number of rotatable bonds is 3. The molecule has 1 fully saturated rings. The van der Waals surface area contributed by atoms with Crippen molar-refractivity contribution in [2.75, 3.05) is 18.0 Å². The Kier molecular flexibility index (Phi) is 4.40. The van der Waals surface area contributed by atoms with Crippen LogP contribution in [0.1, 0.15) is 12.0 Å². The second-order valence-electron chi connectivity index (χ2n) is 5.59. The van der Waals surface area contributed by atoms with E-state index in [9.17, 15) is 26.0 Å². The Morgan fingerprint density at radius 3 is 2.60 bits per heavy atom. The summed E-state index contributed by atoms with van der Waals surface area (Å²) in [6.45, 7) is 0.0362. The third-order valence-corrected chi connectivity index (χ3v) is 6.26. The molecule has 1 atom stereocenters. The van der Waals surface area contributed by atoms with Gasteiger partial charge in [-0.1, -0.05) is 12.1 Å². The topological polar surface area (TPSA) is 63.2 Å². The van der Waals surface area contributed by atoms with E-state index in [1.54, 1.807) is 0 Å². The van der Waals surface area contributed by atoms with Crippen molar-refractivity contribution in [1.29, 1.82) is 0 Å². The first kappa shape index (κ1) is 17.6. The van der Waals surface area contributed by atoms with E-state index in [1.807, 2.05) is 0 Å². The summed E-state index contributed by atoms with van der Waals surface area (Å²) in [4.78, 5) is 7.93. The molecule has 3 rings (SSSR count). The van der Waals surface area contributed by atoms with Crippen molar-refractivity contribution >= 4 is 15.7 Å². The normalized spacial score (nSPS) is 18.6. The van der Waals surface area contributed by atoms with E-state index in [4.69, 9.17) is 0 Å². The zero-order valence-electron chi connectivity index (χ0n) is 12.7. The maximum atomic E-state index is 13.7. The first-order valence-corrected chi connectivity index (χ1v) is 8.86. The molecule has 5 nitrogen and oxygen atoms in total. The van der Waals surface area contributed by atoms with Crippen molar-refractivity contribution in [3.63, 3.8) is 0 Å². The van der Waals surface area contributed by atoms with Gasteiger partial charge in [-0.15, -0.1) is 0 Å². The van der Waals surface area contributed by atoms with Gasteiger partial charge in [-0.2, -0.15) is 13.2 Å². The number of aromatic nitrogens is 2. The van der Waals surface area contributed by atoms with Crippen LogP contribution >= 0.6 is 0 Å². The highest BCUT2D eigenvalue weighted by molar-refractivity contribution is 7.92. The van der Waals surface area contributed by atoms with Crippen molar-refractivity contribution in [1.82, 2.24) is 9.97 Å². The van der Waals surface area contributed by atoms with E-state index in [1.165, 1.54) is 11.0 Å². The Morgan fingerprint density at radius 2 is 1.92 bits per heavy atom. The molecule has 0 saturated carbocycles. The van der Waals surface area contributed by atoms with Gasteiger partial charge in [0.05, 0.1) is 21.9 Å². The third-order valence-electron chi connectivity index (χ3n) is 4.03. The van der Waals surface area contributed by atoms with Gasteiger partial charge in [0.2, 0.25) is 0 Å². The standard InChI is InChI=1S/C15H13F4N3O2S/c16-12-7-20-9-21-14(12)22-6-5-10(8-22)25(23,24)13-4-2-1-3-11(13)15(17,18)19/h1-4,7,9-10H,5-6,8H2/t10-/m0/s1. The molecule has 0 radical (unpaired) electrons. The van der Waals surface area contributed by atoms with Gasteiger partial charge in [-0.05, 0) is 18.6 Å². The fraction of sp³-hybridized carbons (Fsp3) is 0.333. The zero-order valence-corrected chi connectivity index (χ0v) is 13.6. The average molecular weight is 375 g/mol. The van der Waals surface area contributed by atoms with Crippen molar-refractivity contribution in [3.8, 4) is 0 Å². The summed E-state index contributed by atoms with van der Waals surface area (Å²) in [6, 6.07) is 4.08. The van der Waals surface area contributed by atoms with Crippen molar-refractivity contribution in [2.24, 2.45) is 0 Å². The first-order chi connectivity index (χ1) is 11.7. The molecule has 0 spiro atoms. The second kappa shape index (κ2) is 6.25. The molecule has 1 saturated heterocycles. The summed E-state index contributed by atoms with van der Waals surface area (Å²) < 4.78 is 78.5. The summed E-state index contributed by atoms with van der Waals surface area (Å²) in [5.41, 5.74) is -1.19. The highest BCUT2D eigenvalue weighted by Gasteiger charge is 2.41. The molecule has 2 aromatic rings. The predicted molar refractivity (Wildman–Crippen MR) is 81.2 cm³/mol. The van der Waals surface area contributed by atoms with Crippen LogP contribution in [0.15, 0.2) is 41.7 Å². The molecule has 0 aliphatic carbocycles. The lowest BCUT2D eigenvalue weighted by Gasteiger charge is -2.19. The molecular weight excluding hydrogens is 362 g/mol. The van der Waals surface area contributed by atoms with Crippen molar-refractivity contribution in [2.45, 2.75) is 22.7 Å². The number of benzene rings is 1. The van der Waals surface area contributed by atoms with Crippen LogP contribution in [0.4, 0.5) is 23.4 Å². The smallest absolute Gasteiger partial charge is 0.353 e. The van der Waals surface area contributed by atoms with Crippen molar-refractivity contribution < 1.29 is 26.0 Å². The van der Waals surface area contributed by atoms with Crippen LogP contribution in [0.5, 0.6) is 0 Å². The van der Waals surface area contributed by atoms with E-state index in [-0.39, 0.29) is 25.3 Å². The van der Waals surface area contributed by atoms with Gasteiger partial charge in [0.1, 0.15) is 6.33 Å². The lowest BCUT2D eigenvalue weighted by molar-refractivity contribution is -0.139. The summed E-state index contributed by atoms with van der Waals surface area (Å²) in [7, 11) is -4.23. The summed E-state index contributed by atoms with van der Waals surface area (Å²) in [6.07, 6.45) is -2.62. The minimum Gasteiger partial charge on any atom is -0.353 e. The van der Waals surface area contributed by atoms with Crippen LogP contribution in [0.3, 0.4) is 0 Å². The lowest BCUT2D eigenvalue weighted by atomic mass is 10.2. The number of nitrogens with zero attached hydrogens (tertiary/aromatic N) is 3. The van der Waals surface area contributed by atoms with Crippen LogP contribution in [-0.2, 0) is 16.0 Å². The summed E-state index contributed by atoms with van der Waals surface area (Å²) in [5.74, 6) is -0.770. The van der Waals surface area contributed by atoms with Crippen LogP contribution in [0, 0.1) is 5.82 Å². The molecule has 0 bridgehead atoms. The first-order valence-electron chi connectivity index (χ1n) is 7.32. The van der Waals surface area contributed by atoms with Gasteiger partial charge >= 0.3 is 6.18 Å². The van der Waals surface area contributed by atoms with E-state index in [0.29, 0.717) is 0 Å². The number of alkyl halides is 3. The molecule has 134 valence electrons. The fourth-order valence-corrected chi connectivity index (χ4v) is 4.75. The molecule has 0 N–H and O–H groups in total. The molecule has 1 aromatic heterocycles. The van der Waals surface area contributed by atoms with E-state index < -0.39 is 37.5 Å². The van der Waals surface area contributed by atoms with Gasteiger partial charge in [0.15, 0.2) is 21.5 Å². The molecule has 1 aliphatic rings. The molecule has 1 aromatic carbocycles. The number of hydrogen-bond acceptors (Lipinski definition) is 5. The minimum absolute atomic E-state index is 0.0585. The Labute approximate surface area is 141 Å². The van der Waals surface area contributed by atoms with Crippen molar-refractivity contribution in [3.05, 3.63) is 48.2 Å². The molecule has 10 heteroatoms. The monoisotopic (exact) mass is 375 g/mol. The fourth-order valence-electron chi connectivity index (χ4n) is 2.84. The molecule has 0 unspecified atom stereocenters. The Balaban J connectivity index is 1.92. The molecule has 1 aliphatic heterocycles. The number of halogens is 4. The van der Waals surface area contributed by atoms with E-state index in [2.05, 4.69) is 9.97 Å². The quantitative estimate of drug-likeness (QED) is 0.772. The summed E-state index contributed by atoms with van der Waals surface area (Å²) >= 11 is 0. The van der Waals surface area contributed by atoms with Gasteiger partial charge in [0.25, 0.3) is 0 Å². The Hall–Kier alpha value is -2.23. The van der Waals surface area contributed by atoms with Gasteiger partial charge in [-0.3, -0.25) is 0 Å². The SMILES string of the molecule is O=S(=O)(c1ccccc1C(F)(F)F)[C@H]1CCN(c2ncncc2F)C1. The van der Waals surface area contributed by atoms with E-state index >= 15 is 0 Å².